The summed E-state index contributed by atoms with van der Waals surface area (Å²) in [5.41, 5.74) is 5.85. The van der Waals surface area contributed by atoms with E-state index in [0.717, 1.165) is 11.2 Å². The highest BCUT2D eigenvalue weighted by Gasteiger charge is 2.23. The van der Waals surface area contributed by atoms with Crippen molar-refractivity contribution in [2.24, 2.45) is 7.05 Å². The van der Waals surface area contributed by atoms with Gasteiger partial charge in [0.2, 0.25) is 0 Å². The molecule has 0 atom stereocenters. The Kier molecular flexibility index (Phi) is 2.72. The van der Waals surface area contributed by atoms with Crippen molar-refractivity contribution in [2.75, 3.05) is 0 Å². The van der Waals surface area contributed by atoms with Crippen LogP contribution in [-0.2, 0) is 12.5 Å². The molecule has 25 heavy (non-hydrogen) atoms. The Labute approximate surface area is 146 Å². The monoisotopic (exact) mass is 327 g/mol. The minimum absolute atomic E-state index is 0.0586. The first kappa shape index (κ1) is 14.6. The first-order valence-electron chi connectivity index (χ1n) is 8.78. The predicted octanol–water partition coefficient (Wildman–Crippen LogP) is 6.53. The molecule has 0 N–H and O–H groups in total. The second-order valence-corrected chi connectivity index (χ2v) is 7.94. The molecule has 5 aromatic rings. The third kappa shape index (κ3) is 1.85. The second kappa shape index (κ2) is 4.66. The summed E-state index contributed by atoms with van der Waals surface area (Å²) in [5.74, 6) is 0. The molecule has 0 saturated carbocycles. The highest BCUT2D eigenvalue weighted by molar-refractivity contribution is 6.27. The lowest BCUT2D eigenvalue weighted by Gasteiger charge is -2.20. The van der Waals surface area contributed by atoms with Crippen molar-refractivity contribution in [1.29, 1.82) is 0 Å². The first-order chi connectivity index (χ1) is 12.0. The van der Waals surface area contributed by atoms with Gasteiger partial charge in [0.25, 0.3) is 0 Å². The van der Waals surface area contributed by atoms with Gasteiger partial charge in [0.05, 0.1) is 0 Å². The molecule has 0 spiro atoms. The van der Waals surface area contributed by atoms with Gasteiger partial charge in [-0.05, 0) is 35.2 Å². The summed E-state index contributed by atoms with van der Waals surface area (Å²) in [5, 5.41) is 5.09. The largest absolute Gasteiger partial charge is 0.456 e. The number of aromatic nitrogens is 1. The molecule has 0 fully saturated rings. The fourth-order valence-corrected chi connectivity index (χ4v) is 4.18. The number of hydrogen-bond acceptors (Lipinski definition) is 1. The first-order valence-corrected chi connectivity index (χ1v) is 8.78. The molecular weight excluding hydrogens is 306 g/mol. The lowest BCUT2D eigenvalue weighted by atomic mass is 9.84. The van der Waals surface area contributed by atoms with Gasteiger partial charge in [-0.3, -0.25) is 0 Å². The zero-order valence-electron chi connectivity index (χ0n) is 15.1. The number of para-hydroxylation sites is 1. The molecular formula is C23H21NO. The van der Waals surface area contributed by atoms with Crippen molar-refractivity contribution in [3.8, 4) is 0 Å². The molecule has 0 aliphatic rings. The zero-order valence-corrected chi connectivity index (χ0v) is 15.1. The summed E-state index contributed by atoms with van der Waals surface area (Å²) in [6, 6.07) is 19.3. The third-order valence-corrected chi connectivity index (χ3v) is 5.35. The number of fused-ring (bicyclic) bond motifs is 7. The van der Waals surface area contributed by atoms with Crippen molar-refractivity contribution in [3.05, 3.63) is 60.2 Å². The van der Waals surface area contributed by atoms with Crippen LogP contribution in [0.15, 0.2) is 59.0 Å². The summed E-state index contributed by atoms with van der Waals surface area (Å²) >= 11 is 0. The summed E-state index contributed by atoms with van der Waals surface area (Å²) in [7, 11) is 2.14. The fraction of sp³-hybridized carbons (Fsp3) is 0.217. The lowest BCUT2D eigenvalue weighted by Crippen LogP contribution is -2.11. The van der Waals surface area contributed by atoms with E-state index in [1.54, 1.807) is 0 Å². The van der Waals surface area contributed by atoms with Crippen LogP contribution < -0.4 is 0 Å². The molecule has 3 aromatic carbocycles. The molecule has 2 nitrogen and oxygen atoms in total. The van der Waals surface area contributed by atoms with E-state index in [4.69, 9.17) is 4.42 Å². The Morgan fingerprint density at radius 3 is 2.28 bits per heavy atom. The van der Waals surface area contributed by atoms with Crippen molar-refractivity contribution in [3.63, 3.8) is 0 Å². The van der Waals surface area contributed by atoms with E-state index >= 15 is 0 Å². The molecule has 2 heteroatoms. The molecule has 2 heterocycles. The van der Waals surface area contributed by atoms with Crippen LogP contribution in [0.25, 0.3) is 43.7 Å². The maximum absolute atomic E-state index is 6.25. The van der Waals surface area contributed by atoms with Crippen molar-refractivity contribution >= 4 is 43.7 Å². The average molecular weight is 327 g/mol. The van der Waals surface area contributed by atoms with E-state index in [0.29, 0.717) is 0 Å². The molecule has 0 amide bonds. The normalized spacial score (nSPS) is 12.8. The Bertz CT molecular complexity index is 1280. The smallest absolute Gasteiger partial charge is 0.136 e. The average Bonchev–Trinajstić information content (AvgIpc) is 3.10. The van der Waals surface area contributed by atoms with Gasteiger partial charge in [-0.2, -0.15) is 0 Å². The van der Waals surface area contributed by atoms with Gasteiger partial charge in [-0.15, -0.1) is 0 Å². The van der Waals surface area contributed by atoms with E-state index in [1.807, 2.05) is 0 Å². The van der Waals surface area contributed by atoms with Crippen LogP contribution in [0.2, 0.25) is 0 Å². The van der Waals surface area contributed by atoms with E-state index in [1.165, 1.54) is 38.1 Å². The molecule has 0 radical (unpaired) electrons. The minimum atomic E-state index is 0.0586. The number of aryl methyl sites for hydroxylation is 1. The lowest BCUT2D eigenvalue weighted by molar-refractivity contribution is 0.594. The SMILES string of the molecule is Cn1c2ccccc2c2c3c(ccc21)oc1cccc(C(C)(C)C)c13. The zero-order chi connectivity index (χ0) is 17.3. The number of rotatable bonds is 0. The highest BCUT2D eigenvalue weighted by Crippen LogP contribution is 2.42. The molecule has 0 aliphatic heterocycles. The summed E-state index contributed by atoms with van der Waals surface area (Å²) in [6.07, 6.45) is 0. The van der Waals surface area contributed by atoms with Gasteiger partial charge in [-0.25, -0.2) is 0 Å². The Hall–Kier alpha value is -2.74. The molecule has 0 unspecified atom stereocenters. The predicted molar refractivity (Wildman–Crippen MR) is 106 cm³/mol. The summed E-state index contributed by atoms with van der Waals surface area (Å²) in [4.78, 5) is 0. The van der Waals surface area contributed by atoms with E-state index in [2.05, 4.69) is 87.0 Å². The van der Waals surface area contributed by atoms with Crippen molar-refractivity contribution < 1.29 is 4.42 Å². The Balaban J connectivity index is 2.14. The van der Waals surface area contributed by atoms with Crippen LogP contribution in [0, 0.1) is 0 Å². The Morgan fingerprint density at radius 1 is 0.720 bits per heavy atom. The number of hydrogen-bond donors (Lipinski definition) is 0. The molecule has 5 rings (SSSR count). The Morgan fingerprint density at radius 2 is 1.48 bits per heavy atom. The maximum atomic E-state index is 6.25. The topological polar surface area (TPSA) is 18.1 Å². The van der Waals surface area contributed by atoms with Crippen LogP contribution in [0.4, 0.5) is 0 Å². The van der Waals surface area contributed by atoms with E-state index in [9.17, 15) is 0 Å². The van der Waals surface area contributed by atoms with Gasteiger partial charge < -0.3 is 8.98 Å². The molecule has 124 valence electrons. The van der Waals surface area contributed by atoms with Crippen LogP contribution in [0.1, 0.15) is 26.3 Å². The van der Waals surface area contributed by atoms with Crippen LogP contribution in [0.5, 0.6) is 0 Å². The minimum Gasteiger partial charge on any atom is -0.456 e. The van der Waals surface area contributed by atoms with Gasteiger partial charge in [0.15, 0.2) is 0 Å². The van der Waals surface area contributed by atoms with E-state index < -0.39 is 0 Å². The van der Waals surface area contributed by atoms with Crippen LogP contribution in [-0.4, -0.2) is 4.57 Å². The maximum Gasteiger partial charge on any atom is 0.136 e. The van der Waals surface area contributed by atoms with Gasteiger partial charge in [0, 0.05) is 39.6 Å². The number of nitrogens with zero attached hydrogens (tertiary/aromatic N) is 1. The second-order valence-electron chi connectivity index (χ2n) is 7.94. The molecule has 2 aromatic heterocycles. The van der Waals surface area contributed by atoms with Gasteiger partial charge in [0.1, 0.15) is 11.2 Å². The molecule has 0 bridgehead atoms. The van der Waals surface area contributed by atoms with E-state index in [-0.39, 0.29) is 5.41 Å². The summed E-state index contributed by atoms with van der Waals surface area (Å²) < 4.78 is 8.53. The fourth-order valence-electron chi connectivity index (χ4n) is 4.18. The quantitative estimate of drug-likeness (QED) is 0.316. The van der Waals surface area contributed by atoms with Gasteiger partial charge in [-0.1, -0.05) is 51.1 Å². The number of benzene rings is 3. The van der Waals surface area contributed by atoms with Crippen molar-refractivity contribution in [1.82, 2.24) is 4.57 Å². The molecule has 0 saturated heterocycles. The molecule has 0 aliphatic carbocycles. The van der Waals surface area contributed by atoms with Gasteiger partial charge >= 0.3 is 0 Å². The third-order valence-electron chi connectivity index (χ3n) is 5.35. The highest BCUT2D eigenvalue weighted by atomic mass is 16.3. The standard InChI is InChI=1S/C23H21NO/c1-23(2,3)15-9-7-11-18-21(15)22-19(25-18)13-12-17-20(22)14-8-5-6-10-16(14)24(17)4/h5-13H,1-4H3. The van der Waals surface area contributed by atoms with Crippen molar-refractivity contribution in [2.45, 2.75) is 26.2 Å². The number of furan rings is 1. The van der Waals surface area contributed by atoms with Crippen LogP contribution in [0.3, 0.4) is 0 Å². The summed E-state index contributed by atoms with van der Waals surface area (Å²) in [6.45, 7) is 6.80. The van der Waals surface area contributed by atoms with Crippen LogP contribution >= 0.6 is 0 Å².